The molecule has 19 heavy (non-hydrogen) atoms. The third-order valence-corrected chi connectivity index (χ3v) is 1.96. The van der Waals surface area contributed by atoms with Crippen molar-refractivity contribution in [3.05, 3.63) is 0 Å². The lowest BCUT2D eigenvalue weighted by Crippen LogP contribution is -2.32. The fraction of sp³-hybridized carbons (Fsp3) is 0.727. The Balaban J connectivity index is 3.61. The fourth-order valence-corrected chi connectivity index (χ4v) is 0.776. The molecule has 0 aromatic heterocycles. The number of carbonyl (C=O) groups excluding carboxylic acids is 3. The molecule has 0 spiro atoms. The maximum absolute atomic E-state index is 11.2. The Bertz CT molecular complexity index is 305. The second-order valence-corrected chi connectivity index (χ2v) is 3.50. The Morgan fingerprint density at radius 2 is 1.79 bits per heavy atom. The van der Waals surface area contributed by atoms with Crippen LogP contribution in [0, 0.1) is 0 Å². The van der Waals surface area contributed by atoms with Gasteiger partial charge in [0.1, 0.15) is 13.2 Å². The van der Waals surface area contributed by atoms with Crippen molar-refractivity contribution >= 4 is 18.0 Å². The molecule has 8 nitrogen and oxygen atoms in total. The van der Waals surface area contributed by atoms with Crippen LogP contribution in [0.3, 0.4) is 0 Å². The van der Waals surface area contributed by atoms with E-state index in [0.717, 1.165) is 0 Å². The number of hydrogen-bond donors (Lipinski definition) is 1. The van der Waals surface area contributed by atoms with Crippen molar-refractivity contribution in [2.24, 2.45) is 0 Å². The van der Waals surface area contributed by atoms with Gasteiger partial charge in [-0.1, -0.05) is 6.92 Å². The minimum atomic E-state index is -0.874. The molecule has 110 valence electrons. The Morgan fingerprint density at radius 3 is 2.37 bits per heavy atom. The smallest absolute Gasteiger partial charge is 0.410 e. The van der Waals surface area contributed by atoms with Gasteiger partial charge in [0, 0.05) is 13.5 Å². The van der Waals surface area contributed by atoms with Gasteiger partial charge in [0.2, 0.25) is 6.79 Å². The van der Waals surface area contributed by atoms with E-state index < -0.39 is 24.8 Å². The summed E-state index contributed by atoms with van der Waals surface area (Å²) >= 11 is 0. The molecule has 0 rings (SSSR count). The van der Waals surface area contributed by atoms with E-state index in [1.807, 2.05) is 0 Å². The predicted molar refractivity (Wildman–Crippen MR) is 63.2 cm³/mol. The molecule has 0 aromatic carbocycles. The van der Waals surface area contributed by atoms with Gasteiger partial charge in [0.15, 0.2) is 0 Å². The predicted octanol–water partition coefficient (Wildman–Crippen LogP) is 0.201. The first-order valence-electron chi connectivity index (χ1n) is 5.74. The Labute approximate surface area is 111 Å². The maximum Gasteiger partial charge on any atom is 0.410 e. The second kappa shape index (κ2) is 10.1. The zero-order valence-electron chi connectivity index (χ0n) is 11.3. The average molecular weight is 277 g/mol. The number of carbonyl (C=O) groups is 3. The van der Waals surface area contributed by atoms with Crippen LogP contribution < -0.4 is 5.32 Å². The van der Waals surface area contributed by atoms with Crippen LogP contribution in [0.15, 0.2) is 0 Å². The van der Waals surface area contributed by atoms with Crippen LogP contribution in [-0.2, 0) is 28.5 Å². The first-order valence-corrected chi connectivity index (χ1v) is 5.74. The minimum Gasteiger partial charge on any atom is -0.462 e. The van der Waals surface area contributed by atoms with Crippen LogP contribution in [-0.4, -0.2) is 51.2 Å². The van der Waals surface area contributed by atoms with E-state index in [4.69, 9.17) is 9.47 Å². The molecule has 1 unspecified atom stereocenters. The first kappa shape index (κ1) is 17.2. The number of ether oxygens (including phenoxy) is 4. The standard InChI is InChI=1S/C11H19NO7/c1-4-9(13)18-7-19-11(15)12-5-10(14)17-6-8(2)16-3/h8H,4-7H2,1-3H3,(H,12,15). The van der Waals surface area contributed by atoms with E-state index in [1.165, 1.54) is 7.11 Å². The summed E-state index contributed by atoms with van der Waals surface area (Å²) in [6.45, 7) is 2.61. The molecule has 0 bridgehead atoms. The summed E-state index contributed by atoms with van der Waals surface area (Å²) in [5.41, 5.74) is 0. The molecule has 0 radical (unpaired) electrons. The van der Waals surface area contributed by atoms with Crippen LogP contribution in [0.25, 0.3) is 0 Å². The molecule has 0 aliphatic heterocycles. The zero-order valence-corrected chi connectivity index (χ0v) is 11.3. The van der Waals surface area contributed by atoms with E-state index in [2.05, 4.69) is 14.8 Å². The SMILES string of the molecule is CCC(=O)OCOC(=O)NCC(=O)OCC(C)OC. The van der Waals surface area contributed by atoms with E-state index >= 15 is 0 Å². The number of hydrogen-bond acceptors (Lipinski definition) is 7. The molecule has 0 saturated heterocycles. The van der Waals surface area contributed by atoms with Crippen molar-refractivity contribution in [2.75, 3.05) is 27.1 Å². The van der Waals surface area contributed by atoms with Crippen molar-refractivity contribution in [3.8, 4) is 0 Å². The Kier molecular flexibility index (Phi) is 9.15. The third kappa shape index (κ3) is 9.83. The van der Waals surface area contributed by atoms with Gasteiger partial charge in [0.25, 0.3) is 0 Å². The molecule has 0 heterocycles. The lowest BCUT2D eigenvalue weighted by molar-refractivity contribution is -0.152. The van der Waals surface area contributed by atoms with Crippen molar-refractivity contribution in [1.82, 2.24) is 5.32 Å². The first-order chi connectivity index (χ1) is 8.99. The van der Waals surface area contributed by atoms with Gasteiger partial charge in [-0.25, -0.2) is 4.79 Å². The van der Waals surface area contributed by atoms with E-state index in [1.54, 1.807) is 13.8 Å². The number of rotatable bonds is 8. The molecule has 0 aromatic rings. The highest BCUT2D eigenvalue weighted by molar-refractivity contribution is 5.77. The van der Waals surface area contributed by atoms with Gasteiger partial charge in [0.05, 0.1) is 6.10 Å². The number of methoxy groups -OCH3 is 1. The summed E-state index contributed by atoms with van der Waals surface area (Å²) in [4.78, 5) is 32.9. The summed E-state index contributed by atoms with van der Waals surface area (Å²) < 4.78 is 18.7. The van der Waals surface area contributed by atoms with Crippen molar-refractivity contribution in [3.63, 3.8) is 0 Å². The van der Waals surface area contributed by atoms with E-state index in [-0.39, 0.29) is 25.7 Å². The number of amides is 1. The van der Waals surface area contributed by atoms with Crippen LogP contribution in [0.1, 0.15) is 20.3 Å². The topological polar surface area (TPSA) is 100 Å². The van der Waals surface area contributed by atoms with Crippen molar-refractivity contribution in [1.29, 1.82) is 0 Å². The van der Waals surface area contributed by atoms with Gasteiger partial charge >= 0.3 is 18.0 Å². The van der Waals surface area contributed by atoms with Crippen molar-refractivity contribution < 1.29 is 33.3 Å². The lowest BCUT2D eigenvalue weighted by atomic mass is 10.4. The molecule has 1 N–H and O–H groups in total. The summed E-state index contributed by atoms with van der Waals surface area (Å²) in [6.07, 6.45) is -0.903. The van der Waals surface area contributed by atoms with Gasteiger partial charge < -0.3 is 24.3 Å². The van der Waals surface area contributed by atoms with Crippen LogP contribution >= 0.6 is 0 Å². The van der Waals surface area contributed by atoms with Crippen molar-refractivity contribution in [2.45, 2.75) is 26.4 Å². The third-order valence-electron chi connectivity index (χ3n) is 1.96. The fourth-order valence-electron chi connectivity index (χ4n) is 0.776. The summed E-state index contributed by atoms with van der Waals surface area (Å²) in [5, 5.41) is 2.15. The van der Waals surface area contributed by atoms with Gasteiger partial charge in [-0.3, -0.25) is 9.59 Å². The van der Waals surface area contributed by atoms with Gasteiger partial charge in [-0.05, 0) is 6.92 Å². The molecule has 0 fully saturated rings. The summed E-state index contributed by atoms with van der Waals surface area (Å²) in [7, 11) is 1.49. The molecule has 1 atom stereocenters. The molecular weight excluding hydrogens is 258 g/mol. The zero-order chi connectivity index (χ0) is 14.7. The van der Waals surface area contributed by atoms with Crippen LogP contribution in [0.5, 0.6) is 0 Å². The maximum atomic E-state index is 11.2. The molecule has 1 amide bonds. The quantitative estimate of drug-likeness (QED) is 0.499. The monoisotopic (exact) mass is 277 g/mol. The summed E-state index contributed by atoms with van der Waals surface area (Å²) in [5.74, 6) is -1.10. The molecule has 0 aliphatic carbocycles. The normalized spacial score (nSPS) is 11.3. The molecular formula is C11H19NO7. The molecule has 8 heteroatoms. The Hall–Kier alpha value is -1.83. The van der Waals surface area contributed by atoms with Crippen LogP contribution in [0.2, 0.25) is 0 Å². The van der Waals surface area contributed by atoms with Gasteiger partial charge in [-0.15, -0.1) is 0 Å². The average Bonchev–Trinajstić information content (AvgIpc) is 2.41. The Morgan fingerprint density at radius 1 is 1.11 bits per heavy atom. The highest BCUT2D eigenvalue weighted by Crippen LogP contribution is 1.90. The lowest BCUT2D eigenvalue weighted by Gasteiger charge is -2.10. The largest absolute Gasteiger partial charge is 0.462 e. The minimum absolute atomic E-state index is 0.0974. The highest BCUT2D eigenvalue weighted by Gasteiger charge is 2.09. The number of alkyl carbamates (subject to hydrolysis) is 1. The molecule has 0 saturated carbocycles. The number of esters is 2. The number of nitrogens with one attached hydrogen (secondary N) is 1. The molecule has 0 aliphatic rings. The van der Waals surface area contributed by atoms with Gasteiger partial charge in [-0.2, -0.15) is 0 Å². The highest BCUT2D eigenvalue weighted by atomic mass is 16.7. The second-order valence-electron chi connectivity index (χ2n) is 3.50. The van der Waals surface area contributed by atoms with Crippen LogP contribution in [0.4, 0.5) is 4.79 Å². The van der Waals surface area contributed by atoms with E-state index in [9.17, 15) is 14.4 Å². The van der Waals surface area contributed by atoms with E-state index in [0.29, 0.717) is 0 Å². The summed E-state index contributed by atoms with van der Waals surface area (Å²) in [6, 6.07) is 0.